The van der Waals surface area contributed by atoms with E-state index in [1.54, 1.807) is 23.2 Å². The fraction of sp³-hybridized carbons (Fsp3) is 0.471. The first-order chi connectivity index (χ1) is 11.6. The normalized spacial score (nSPS) is 21.2. The lowest BCUT2D eigenvalue weighted by Crippen LogP contribution is -2.45. The molecule has 0 saturated carbocycles. The number of aromatic nitrogens is 2. The summed E-state index contributed by atoms with van der Waals surface area (Å²) in [5, 5.41) is 9.53. The van der Waals surface area contributed by atoms with Gasteiger partial charge in [0.25, 0.3) is 0 Å². The summed E-state index contributed by atoms with van der Waals surface area (Å²) in [6, 6.07) is 2.93. The van der Waals surface area contributed by atoms with E-state index in [1.807, 2.05) is 17.7 Å². The number of carboxylic acids is 1. The number of imidazole rings is 1. The van der Waals surface area contributed by atoms with Crippen molar-refractivity contribution >= 4 is 11.9 Å². The number of amides is 1. The van der Waals surface area contributed by atoms with Crippen LogP contribution in [0.2, 0.25) is 0 Å². The van der Waals surface area contributed by atoms with Gasteiger partial charge in [0.05, 0.1) is 12.2 Å². The van der Waals surface area contributed by atoms with Gasteiger partial charge in [-0.3, -0.25) is 9.59 Å². The second-order valence-electron chi connectivity index (χ2n) is 6.05. The van der Waals surface area contributed by atoms with Crippen molar-refractivity contribution in [1.82, 2.24) is 14.5 Å². The summed E-state index contributed by atoms with van der Waals surface area (Å²) in [6.07, 6.45) is 6.49. The monoisotopic (exact) mass is 331 g/mol. The van der Waals surface area contributed by atoms with Crippen LogP contribution >= 0.6 is 0 Å². The maximum atomic E-state index is 12.4. The van der Waals surface area contributed by atoms with Gasteiger partial charge in [0.15, 0.2) is 0 Å². The second kappa shape index (κ2) is 6.90. The summed E-state index contributed by atoms with van der Waals surface area (Å²) in [5.41, 5.74) is 0. The lowest BCUT2D eigenvalue weighted by Gasteiger charge is -2.38. The Labute approximate surface area is 139 Å². The molecular weight excluding hydrogens is 310 g/mol. The van der Waals surface area contributed by atoms with E-state index in [1.165, 1.54) is 6.26 Å². The predicted molar refractivity (Wildman–Crippen MR) is 85.1 cm³/mol. The summed E-state index contributed by atoms with van der Waals surface area (Å²) in [7, 11) is 0. The summed E-state index contributed by atoms with van der Waals surface area (Å²) in [6.45, 7) is 3.15. The van der Waals surface area contributed by atoms with E-state index in [0.717, 1.165) is 18.8 Å². The van der Waals surface area contributed by atoms with Crippen LogP contribution in [0.15, 0.2) is 35.2 Å². The third-order valence-corrected chi connectivity index (χ3v) is 4.58. The molecule has 1 amide bonds. The highest BCUT2D eigenvalue weighted by Gasteiger charge is 2.41. The SMILES string of the molecule is Cc1nccn1CCCN1C(=O)CCC(C(=O)O)C1c1ccco1. The molecule has 0 radical (unpaired) electrons. The second-order valence-corrected chi connectivity index (χ2v) is 6.05. The Morgan fingerprint density at radius 1 is 1.46 bits per heavy atom. The van der Waals surface area contributed by atoms with Crippen LogP contribution in [-0.2, 0) is 16.1 Å². The quantitative estimate of drug-likeness (QED) is 0.877. The number of carboxylic acid groups (broad SMARTS) is 1. The third-order valence-electron chi connectivity index (χ3n) is 4.58. The Balaban J connectivity index is 1.75. The molecule has 1 aliphatic heterocycles. The van der Waals surface area contributed by atoms with Crippen molar-refractivity contribution in [3.05, 3.63) is 42.4 Å². The zero-order chi connectivity index (χ0) is 17.1. The van der Waals surface area contributed by atoms with Crippen LogP contribution in [0, 0.1) is 12.8 Å². The van der Waals surface area contributed by atoms with Crippen LogP contribution in [0.4, 0.5) is 0 Å². The zero-order valence-electron chi connectivity index (χ0n) is 13.6. The number of aliphatic carboxylic acids is 1. The largest absolute Gasteiger partial charge is 0.481 e. The van der Waals surface area contributed by atoms with Gasteiger partial charge in [0, 0.05) is 31.9 Å². The van der Waals surface area contributed by atoms with Crippen LogP contribution in [0.25, 0.3) is 0 Å². The van der Waals surface area contributed by atoms with Crippen LogP contribution in [-0.4, -0.2) is 38.0 Å². The van der Waals surface area contributed by atoms with Crippen molar-refractivity contribution in [1.29, 1.82) is 0 Å². The van der Waals surface area contributed by atoms with E-state index in [9.17, 15) is 14.7 Å². The van der Waals surface area contributed by atoms with Crippen molar-refractivity contribution in [2.24, 2.45) is 5.92 Å². The van der Waals surface area contributed by atoms with Gasteiger partial charge in [-0.1, -0.05) is 0 Å². The van der Waals surface area contributed by atoms with Gasteiger partial charge in [-0.25, -0.2) is 4.98 Å². The van der Waals surface area contributed by atoms with Gasteiger partial charge in [0.2, 0.25) is 5.91 Å². The van der Waals surface area contributed by atoms with Crippen LogP contribution < -0.4 is 0 Å². The molecule has 24 heavy (non-hydrogen) atoms. The molecule has 1 saturated heterocycles. The molecule has 1 N–H and O–H groups in total. The Morgan fingerprint density at radius 3 is 2.92 bits per heavy atom. The van der Waals surface area contributed by atoms with E-state index in [4.69, 9.17) is 4.42 Å². The molecule has 7 nitrogen and oxygen atoms in total. The maximum Gasteiger partial charge on any atom is 0.309 e. The summed E-state index contributed by atoms with van der Waals surface area (Å²) in [4.78, 5) is 29.9. The van der Waals surface area contributed by atoms with Gasteiger partial charge in [-0.15, -0.1) is 0 Å². The first kappa shape index (κ1) is 16.3. The highest BCUT2D eigenvalue weighted by molar-refractivity contribution is 5.81. The molecule has 0 bridgehead atoms. The molecule has 0 aromatic carbocycles. The smallest absolute Gasteiger partial charge is 0.309 e. The number of furan rings is 1. The number of carbonyl (C=O) groups is 2. The average Bonchev–Trinajstić information content (AvgIpc) is 3.20. The standard InChI is InChI=1S/C17H21N3O4/c1-12-18-7-10-19(12)8-3-9-20-15(21)6-5-13(17(22)23)16(20)14-4-2-11-24-14/h2,4,7,10-11,13,16H,3,5-6,8-9H2,1H3,(H,22,23). The van der Waals surface area contributed by atoms with Crippen LogP contribution in [0.3, 0.4) is 0 Å². The van der Waals surface area contributed by atoms with Gasteiger partial charge in [0.1, 0.15) is 17.6 Å². The number of hydrogen-bond acceptors (Lipinski definition) is 4. The summed E-state index contributed by atoms with van der Waals surface area (Å²) >= 11 is 0. The zero-order valence-corrected chi connectivity index (χ0v) is 13.6. The van der Waals surface area contributed by atoms with Crippen LogP contribution in [0.5, 0.6) is 0 Å². The predicted octanol–water partition coefficient (Wildman–Crippen LogP) is 2.24. The molecule has 2 unspecified atom stereocenters. The van der Waals surface area contributed by atoms with Gasteiger partial charge in [-0.05, 0) is 31.9 Å². The Bertz CT molecular complexity index is 707. The number of nitrogens with zero attached hydrogens (tertiary/aromatic N) is 3. The Hall–Kier alpha value is -2.57. The number of hydrogen-bond donors (Lipinski definition) is 1. The molecular formula is C17H21N3O4. The molecule has 2 aromatic rings. The van der Waals surface area contributed by atoms with E-state index < -0.39 is 17.9 Å². The topological polar surface area (TPSA) is 88.6 Å². The summed E-state index contributed by atoms with van der Waals surface area (Å²) in [5.74, 6) is -0.0836. The molecule has 2 atom stereocenters. The van der Waals surface area contributed by atoms with Gasteiger partial charge < -0.3 is 19.0 Å². The maximum absolute atomic E-state index is 12.4. The highest BCUT2D eigenvalue weighted by Crippen LogP contribution is 2.37. The van der Waals surface area contributed by atoms with E-state index in [-0.39, 0.29) is 12.3 Å². The van der Waals surface area contributed by atoms with Crippen molar-refractivity contribution < 1.29 is 19.1 Å². The molecule has 1 aliphatic rings. The van der Waals surface area contributed by atoms with E-state index in [0.29, 0.717) is 18.7 Å². The van der Waals surface area contributed by atoms with Crippen molar-refractivity contribution in [3.8, 4) is 0 Å². The minimum absolute atomic E-state index is 0.0174. The number of piperidine rings is 1. The van der Waals surface area contributed by atoms with Crippen LogP contribution in [0.1, 0.15) is 36.9 Å². The fourth-order valence-corrected chi connectivity index (χ4v) is 3.34. The van der Waals surface area contributed by atoms with Crippen molar-refractivity contribution in [2.75, 3.05) is 6.54 Å². The number of rotatable bonds is 6. The minimum atomic E-state index is -0.889. The lowest BCUT2D eigenvalue weighted by molar-refractivity contribution is -0.152. The molecule has 7 heteroatoms. The molecule has 128 valence electrons. The molecule has 3 heterocycles. The highest BCUT2D eigenvalue weighted by atomic mass is 16.4. The minimum Gasteiger partial charge on any atom is -0.481 e. The average molecular weight is 331 g/mol. The third kappa shape index (κ3) is 3.20. The summed E-state index contributed by atoms with van der Waals surface area (Å²) < 4.78 is 7.45. The molecule has 3 rings (SSSR count). The molecule has 2 aromatic heterocycles. The van der Waals surface area contributed by atoms with Crippen molar-refractivity contribution in [2.45, 2.75) is 38.8 Å². The Morgan fingerprint density at radius 2 is 2.29 bits per heavy atom. The number of aryl methyl sites for hydroxylation is 2. The fourth-order valence-electron chi connectivity index (χ4n) is 3.34. The molecule has 0 aliphatic carbocycles. The lowest BCUT2D eigenvalue weighted by atomic mass is 9.87. The molecule has 1 fully saturated rings. The molecule has 0 spiro atoms. The number of likely N-dealkylation sites (tertiary alicyclic amines) is 1. The van der Waals surface area contributed by atoms with Crippen molar-refractivity contribution in [3.63, 3.8) is 0 Å². The van der Waals surface area contributed by atoms with E-state index in [2.05, 4.69) is 4.98 Å². The Kier molecular flexibility index (Phi) is 4.69. The van der Waals surface area contributed by atoms with Gasteiger partial charge >= 0.3 is 5.97 Å². The van der Waals surface area contributed by atoms with E-state index >= 15 is 0 Å². The number of carbonyl (C=O) groups excluding carboxylic acids is 1. The first-order valence-corrected chi connectivity index (χ1v) is 8.11. The van der Waals surface area contributed by atoms with Gasteiger partial charge in [-0.2, -0.15) is 0 Å². The first-order valence-electron chi connectivity index (χ1n) is 8.11.